The number of carbonyl (C=O) groups is 1. The van der Waals surface area contributed by atoms with Crippen LogP contribution in [0.25, 0.3) is 11.3 Å². The highest BCUT2D eigenvalue weighted by Crippen LogP contribution is 2.39. The first-order valence-corrected chi connectivity index (χ1v) is 11.9. The van der Waals surface area contributed by atoms with Crippen molar-refractivity contribution in [3.05, 3.63) is 36.4 Å². The largest absolute Gasteiger partial charge is 0.381 e. The Morgan fingerprint density at radius 2 is 1.75 bits per heavy atom. The lowest BCUT2D eigenvalue weighted by Crippen LogP contribution is -2.32. The second-order valence-corrected chi connectivity index (χ2v) is 9.67. The van der Waals surface area contributed by atoms with Crippen LogP contribution in [0.4, 0.5) is 11.5 Å². The molecule has 3 atom stereocenters. The summed E-state index contributed by atoms with van der Waals surface area (Å²) in [6, 6.07) is 12.2. The van der Waals surface area contributed by atoms with Crippen molar-refractivity contribution in [2.45, 2.75) is 38.6 Å². The van der Waals surface area contributed by atoms with E-state index in [-0.39, 0.29) is 5.91 Å². The topological polar surface area (TPSA) is 79.4 Å². The SMILES string of the molecule is CC(=O)Nc1ccc(-c2ccc(NC3C[C@@H]4CN(CC5CCOCC5)C[C@@H]4C3)nn2)cc1. The number of benzene rings is 1. The number of anilines is 2. The van der Waals surface area contributed by atoms with Gasteiger partial charge in [-0.05, 0) is 67.7 Å². The predicted molar refractivity (Wildman–Crippen MR) is 125 cm³/mol. The minimum absolute atomic E-state index is 0.0731. The molecule has 0 radical (unpaired) electrons. The highest BCUT2D eigenvalue weighted by molar-refractivity contribution is 5.88. The fraction of sp³-hybridized carbons (Fsp3) is 0.560. The molecule has 1 saturated carbocycles. The maximum Gasteiger partial charge on any atom is 0.221 e. The van der Waals surface area contributed by atoms with Gasteiger partial charge in [-0.15, -0.1) is 10.2 Å². The molecular weight excluding hydrogens is 402 g/mol. The Morgan fingerprint density at radius 3 is 2.38 bits per heavy atom. The number of carbonyl (C=O) groups excluding carboxylic acids is 1. The van der Waals surface area contributed by atoms with Crippen molar-refractivity contribution in [3.63, 3.8) is 0 Å². The molecule has 2 aliphatic heterocycles. The van der Waals surface area contributed by atoms with Crippen molar-refractivity contribution in [3.8, 4) is 11.3 Å². The number of amides is 1. The number of ether oxygens (including phenoxy) is 1. The van der Waals surface area contributed by atoms with Gasteiger partial charge in [-0.1, -0.05) is 12.1 Å². The van der Waals surface area contributed by atoms with Crippen LogP contribution in [-0.4, -0.2) is 59.9 Å². The maximum atomic E-state index is 11.2. The summed E-state index contributed by atoms with van der Waals surface area (Å²) >= 11 is 0. The van der Waals surface area contributed by atoms with Gasteiger partial charge in [0.05, 0.1) is 5.69 Å². The van der Waals surface area contributed by atoms with Crippen LogP contribution >= 0.6 is 0 Å². The van der Waals surface area contributed by atoms with Crippen LogP contribution < -0.4 is 10.6 Å². The molecule has 32 heavy (non-hydrogen) atoms. The van der Waals surface area contributed by atoms with E-state index in [0.717, 1.165) is 53.7 Å². The van der Waals surface area contributed by atoms with E-state index in [1.165, 1.54) is 52.2 Å². The van der Waals surface area contributed by atoms with Gasteiger partial charge in [0, 0.05) is 57.1 Å². The van der Waals surface area contributed by atoms with Gasteiger partial charge in [0.1, 0.15) is 5.82 Å². The normalized spacial score (nSPS) is 26.1. The van der Waals surface area contributed by atoms with E-state index in [0.29, 0.717) is 6.04 Å². The Labute approximate surface area is 189 Å². The summed E-state index contributed by atoms with van der Waals surface area (Å²) < 4.78 is 5.51. The molecule has 1 aromatic heterocycles. The standard InChI is InChI=1S/C25H33N5O2/c1-17(31)26-22-4-2-19(3-5-22)24-6-7-25(29-28-24)27-23-12-20-15-30(16-21(20)13-23)14-18-8-10-32-11-9-18/h2-7,18,20-21,23H,8-16H2,1H3,(H,26,31)(H,27,29)/t20-,21+,23?. The lowest BCUT2D eigenvalue weighted by molar-refractivity contribution is -0.114. The van der Waals surface area contributed by atoms with Gasteiger partial charge < -0.3 is 20.3 Å². The second-order valence-electron chi connectivity index (χ2n) is 9.67. The predicted octanol–water partition coefficient (Wildman–Crippen LogP) is 3.65. The zero-order valence-electron chi connectivity index (χ0n) is 18.8. The van der Waals surface area contributed by atoms with E-state index in [1.807, 2.05) is 36.4 Å². The van der Waals surface area contributed by atoms with Crippen molar-refractivity contribution in [2.75, 3.05) is 43.5 Å². The summed E-state index contributed by atoms with van der Waals surface area (Å²) in [7, 11) is 0. The van der Waals surface area contributed by atoms with E-state index in [1.54, 1.807) is 0 Å². The molecule has 2 N–H and O–H groups in total. The summed E-state index contributed by atoms with van der Waals surface area (Å²) in [6.07, 6.45) is 4.90. The van der Waals surface area contributed by atoms with Gasteiger partial charge in [0.25, 0.3) is 0 Å². The molecule has 1 amide bonds. The Morgan fingerprint density at radius 1 is 1.03 bits per heavy atom. The average Bonchev–Trinajstić information content (AvgIpc) is 3.33. The molecule has 7 heteroatoms. The summed E-state index contributed by atoms with van der Waals surface area (Å²) in [5, 5.41) is 15.2. The van der Waals surface area contributed by atoms with Gasteiger partial charge in [0.15, 0.2) is 0 Å². The number of hydrogen-bond donors (Lipinski definition) is 2. The van der Waals surface area contributed by atoms with Gasteiger partial charge in [-0.2, -0.15) is 0 Å². The molecule has 5 rings (SSSR count). The third-order valence-electron chi connectivity index (χ3n) is 7.20. The molecule has 170 valence electrons. The molecule has 3 aliphatic rings. The van der Waals surface area contributed by atoms with Gasteiger partial charge in [-0.3, -0.25) is 4.79 Å². The molecule has 1 unspecified atom stereocenters. The minimum Gasteiger partial charge on any atom is -0.381 e. The quantitative estimate of drug-likeness (QED) is 0.721. The van der Waals surface area contributed by atoms with Crippen LogP contribution in [0.1, 0.15) is 32.6 Å². The van der Waals surface area contributed by atoms with Crippen LogP contribution in [-0.2, 0) is 9.53 Å². The molecule has 1 aliphatic carbocycles. The number of nitrogens with one attached hydrogen (secondary N) is 2. The van der Waals surface area contributed by atoms with Crippen molar-refractivity contribution < 1.29 is 9.53 Å². The zero-order valence-corrected chi connectivity index (χ0v) is 18.8. The Hall–Kier alpha value is -2.51. The van der Waals surface area contributed by atoms with Gasteiger partial charge in [0.2, 0.25) is 5.91 Å². The Kier molecular flexibility index (Phi) is 6.37. The number of hydrogen-bond acceptors (Lipinski definition) is 6. The van der Waals surface area contributed by atoms with E-state index in [4.69, 9.17) is 4.74 Å². The van der Waals surface area contributed by atoms with Crippen LogP contribution in [0, 0.1) is 17.8 Å². The zero-order chi connectivity index (χ0) is 21.9. The molecule has 7 nitrogen and oxygen atoms in total. The third kappa shape index (κ3) is 5.10. The first kappa shape index (κ1) is 21.3. The van der Waals surface area contributed by atoms with Crippen molar-refractivity contribution in [2.24, 2.45) is 17.8 Å². The monoisotopic (exact) mass is 435 g/mol. The molecule has 2 saturated heterocycles. The van der Waals surface area contributed by atoms with E-state index in [2.05, 4.69) is 25.7 Å². The highest BCUT2D eigenvalue weighted by atomic mass is 16.5. The highest BCUT2D eigenvalue weighted by Gasteiger charge is 2.41. The number of aromatic nitrogens is 2. The Balaban J connectivity index is 1.11. The maximum absolute atomic E-state index is 11.2. The second kappa shape index (κ2) is 9.55. The van der Waals surface area contributed by atoms with Crippen molar-refractivity contribution in [1.82, 2.24) is 15.1 Å². The van der Waals surface area contributed by atoms with Crippen molar-refractivity contribution >= 4 is 17.4 Å². The molecule has 2 aromatic rings. The Bertz CT molecular complexity index is 897. The average molecular weight is 436 g/mol. The van der Waals surface area contributed by atoms with Gasteiger partial charge in [-0.25, -0.2) is 0 Å². The summed E-state index contributed by atoms with van der Waals surface area (Å²) in [6.45, 7) is 7.15. The minimum atomic E-state index is -0.0731. The fourth-order valence-corrected chi connectivity index (χ4v) is 5.66. The van der Waals surface area contributed by atoms with E-state index in [9.17, 15) is 4.79 Å². The fourth-order valence-electron chi connectivity index (χ4n) is 5.66. The van der Waals surface area contributed by atoms with Crippen molar-refractivity contribution in [1.29, 1.82) is 0 Å². The lowest BCUT2D eigenvalue weighted by Gasteiger charge is -2.27. The van der Waals surface area contributed by atoms with Crippen LogP contribution in [0.15, 0.2) is 36.4 Å². The molecular formula is C25H33N5O2. The number of rotatable bonds is 6. The summed E-state index contributed by atoms with van der Waals surface area (Å²) in [4.78, 5) is 13.9. The van der Waals surface area contributed by atoms with Gasteiger partial charge >= 0.3 is 0 Å². The molecule has 3 heterocycles. The third-order valence-corrected chi connectivity index (χ3v) is 7.20. The van der Waals surface area contributed by atoms with E-state index < -0.39 is 0 Å². The number of likely N-dealkylation sites (tertiary alicyclic amines) is 1. The first-order valence-electron chi connectivity index (χ1n) is 11.9. The van der Waals surface area contributed by atoms with Crippen LogP contribution in [0.2, 0.25) is 0 Å². The first-order chi connectivity index (χ1) is 15.6. The van der Waals surface area contributed by atoms with Crippen LogP contribution in [0.3, 0.4) is 0 Å². The lowest BCUT2D eigenvalue weighted by atomic mass is 10.00. The summed E-state index contributed by atoms with van der Waals surface area (Å²) in [5.41, 5.74) is 2.60. The van der Waals surface area contributed by atoms with Crippen LogP contribution in [0.5, 0.6) is 0 Å². The number of nitrogens with zero attached hydrogens (tertiary/aromatic N) is 3. The molecule has 0 spiro atoms. The molecule has 3 fully saturated rings. The summed E-state index contributed by atoms with van der Waals surface area (Å²) in [5.74, 6) is 3.22. The molecule has 1 aromatic carbocycles. The number of fused-ring (bicyclic) bond motifs is 1. The molecule has 0 bridgehead atoms. The smallest absolute Gasteiger partial charge is 0.221 e. The van der Waals surface area contributed by atoms with E-state index >= 15 is 0 Å².